The number of nitrogens with zero attached hydrogens (tertiary/aromatic N) is 1. The SMILES string of the molecule is CCCCCCCCOc1ccc(-c2ccc(CC(C#N)CC[C@H]3CC[C@H](CCCCCCC)CC3)cc2)c(F)c1F. The molecule has 2 aromatic rings. The fourth-order valence-electron chi connectivity index (χ4n) is 6.53. The Morgan fingerprint density at radius 1 is 0.738 bits per heavy atom. The number of nitriles is 1. The summed E-state index contributed by atoms with van der Waals surface area (Å²) < 4.78 is 35.2. The summed E-state index contributed by atoms with van der Waals surface area (Å²) in [6.45, 7) is 4.86. The zero-order valence-corrected chi connectivity index (χ0v) is 26.4. The number of hydrogen-bond donors (Lipinski definition) is 0. The summed E-state index contributed by atoms with van der Waals surface area (Å²) in [5.41, 5.74) is 1.93. The van der Waals surface area contributed by atoms with Gasteiger partial charge in [-0.3, -0.25) is 0 Å². The summed E-state index contributed by atoms with van der Waals surface area (Å²) in [6.07, 6.45) is 23.1. The molecule has 42 heavy (non-hydrogen) atoms. The lowest BCUT2D eigenvalue weighted by Gasteiger charge is -2.29. The number of unbranched alkanes of at least 4 members (excludes halogenated alkanes) is 9. The van der Waals surface area contributed by atoms with Crippen LogP contribution in [0.1, 0.15) is 135 Å². The molecule has 0 saturated heterocycles. The molecule has 0 N–H and O–H groups in total. The van der Waals surface area contributed by atoms with E-state index in [2.05, 4.69) is 19.9 Å². The third kappa shape index (κ3) is 11.7. The van der Waals surface area contributed by atoms with Crippen LogP contribution in [0.3, 0.4) is 0 Å². The lowest BCUT2D eigenvalue weighted by molar-refractivity contribution is 0.241. The highest BCUT2D eigenvalue weighted by Gasteiger charge is 2.22. The van der Waals surface area contributed by atoms with E-state index in [0.29, 0.717) is 18.6 Å². The lowest BCUT2D eigenvalue weighted by Crippen LogP contribution is -2.16. The molecule has 1 atom stereocenters. The minimum atomic E-state index is -0.923. The van der Waals surface area contributed by atoms with Gasteiger partial charge < -0.3 is 4.74 Å². The first-order chi connectivity index (χ1) is 20.5. The fraction of sp³-hybridized carbons (Fsp3) is 0.658. The topological polar surface area (TPSA) is 33.0 Å². The Morgan fingerprint density at radius 2 is 1.33 bits per heavy atom. The van der Waals surface area contributed by atoms with Crippen LogP contribution in [-0.2, 0) is 6.42 Å². The zero-order chi connectivity index (χ0) is 30.0. The molecule has 1 aliphatic rings. The van der Waals surface area contributed by atoms with Gasteiger partial charge in [0.1, 0.15) is 0 Å². The van der Waals surface area contributed by atoms with Crippen molar-refractivity contribution in [3.05, 3.63) is 53.6 Å². The van der Waals surface area contributed by atoms with Crippen LogP contribution < -0.4 is 4.74 Å². The van der Waals surface area contributed by atoms with Crippen LogP contribution in [0.2, 0.25) is 0 Å². The van der Waals surface area contributed by atoms with E-state index < -0.39 is 11.6 Å². The average molecular weight is 580 g/mol. The monoisotopic (exact) mass is 579 g/mol. The standard InChI is InChI=1S/C38H55F2NO/c1-3-5-7-9-11-13-27-42-36-26-25-35(37(39)38(36)40)34-23-21-32(22-24-34)28-33(29-41)20-19-31-17-15-30(16-18-31)14-12-10-8-6-4-2/h21-26,30-31,33H,3-20,27-28H2,1-2H3/t30-,31-,33?. The smallest absolute Gasteiger partial charge is 0.201 e. The van der Waals surface area contributed by atoms with Crippen LogP contribution in [0.25, 0.3) is 11.1 Å². The van der Waals surface area contributed by atoms with Crippen molar-refractivity contribution in [3.8, 4) is 22.9 Å². The molecule has 4 heteroatoms. The van der Waals surface area contributed by atoms with E-state index in [0.717, 1.165) is 49.5 Å². The first-order valence-corrected chi connectivity index (χ1v) is 17.1. The Hall–Kier alpha value is -2.41. The molecule has 0 aromatic heterocycles. The summed E-state index contributed by atoms with van der Waals surface area (Å²) >= 11 is 0. The van der Waals surface area contributed by atoms with Gasteiger partial charge in [-0.15, -0.1) is 0 Å². The average Bonchev–Trinajstić information content (AvgIpc) is 3.01. The summed E-state index contributed by atoms with van der Waals surface area (Å²) in [4.78, 5) is 0. The molecule has 0 amide bonds. The molecule has 2 aromatic carbocycles. The second-order valence-electron chi connectivity index (χ2n) is 12.7. The molecule has 0 radical (unpaired) electrons. The van der Waals surface area contributed by atoms with E-state index in [1.54, 1.807) is 6.07 Å². The predicted octanol–water partition coefficient (Wildman–Crippen LogP) is 12.0. The molecule has 0 aliphatic heterocycles. The molecule has 1 aliphatic carbocycles. The van der Waals surface area contributed by atoms with Crippen molar-refractivity contribution >= 4 is 0 Å². The molecule has 0 spiro atoms. The van der Waals surface area contributed by atoms with E-state index in [1.807, 2.05) is 24.3 Å². The number of rotatable bonds is 20. The number of halogens is 2. The highest BCUT2D eigenvalue weighted by Crippen LogP contribution is 2.35. The van der Waals surface area contributed by atoms with Gasteiger partial charge in [-0.05, 0) is 60.8 Å². The van der Waals surface area contributed by atoms with Gasteiger partial charge in [-0.1, -0.05) is 134 Å². The van der Waals surface area contributed by atoms with Crippen LogP contribution in [0, 0.1) is 40.7 Å². The first-order valence-electron chi connectivity index (χ1n) is 17.1. The van der Waals surface area contributed by atoms with E-state index in [1.165, 1.54) is 89.5 Å². The Kier molecular flexibility index (Phi) is 16.0. The van der Waals surface area contributed by atoms with Crippen LogP contribution in [0.15, 0.2) is 36.4 Å². The van der Waals surface area contributed by atoms with Gasteiger partial charge in [-0.2, -0.15) is 9.65 Å². The van der Waals surface area contributed by atoms with E-state index >= 15 is 0 Å². The molecular weight excluding hydrogens is 524 g/mol. The van der Waals surface area contributed by atoms with Crippen LogP contribution in [0.5, 0.6) is 5.75 Å². The molecule has 3 rings (SSSR count). The highest BCUT2D eigenvalue weighted by molar-refractivity contribution is 5.65. The molecule has 1 unspecified atom stereocenters. The second kappa shape index (κ2) is 19.7. The minimum absolute atomic E-state index is 0.00982. The van der Waals surface area contributed by atoms with E-state index in [-0.39, 0.29) is 17.2 Å². The Labute approximate surface area is 255 Å². The summed E-state index contributed by atoms with van der Waals surface area (Å²) in [6, 6.07) is 13.2. The Balaban J connectivity index is 1.41. The van der Waals surface area contributed by atoms with Crippen molar-refractivity contribution < 1.29 is 13.5 Å². The van der Waals surface area contributed by atoms with Crippen molar-refractivity contribution in [2.45, 2.75) is 136 Å². The van der Waals surface area contributed by atoms with Crippen LogP contribution in [0.4, 0.5) is 8.78 Å². The van der Waals surface area contributed by atoms with Gasteiger partial charge in [0.2, 0.25) is 5.82 Å². The van der Waals surface area contributed by atoms with Gasteiger partial charge in [0.25, 0.3) is 0 Å². The van der Waals surface area contributed by atoms with Crippen LogP contribution in [-0.4, -0.2) is 6.61 Å². The largest absolute Gasteiger partial charge is 0.490 e. The van der Waals surface area contributed by atoms with Crippen molar-refractivity contribution in [3.63, 3.8) is 0 Å². The minimum Gasteiger partial charge on any atom is -0.490 e. The normalized spacial score (nSPS) is 17.6. The quantitative estimate of drug-likeness (QED) is 0.146. The van der Waals surface area contributed by atoms with Crippen molar-refractivity contribution in [2.24, 2.45) is 17.8 Å². The molecule has 2 nitrogen and oxygen atoms in total. The van der Waals surface area contributed by atoms with Crippen LogP contribution >= 0.6 is 0 Å². The number of hydrogen-bond acceptors (Lipinski definition) is 2. The summed E-state index contributed by atoms with van der Waals surface area (Å²) in [5, 5.41) is 9.82. The van der Waals surface area contributed by atoms with Gasteiger partial charge in [0, 0.05) is 5.56 Å². The Morgan fingerprint density at radius 3 is 1.98 bits per heavy atom. The molecular formula is C38H55F2NO. The maximum Gasteiger partial charge on any atom is 0.201 e. The molecule has 1 fully saturated rings. The summed E-state index contributed by atoms with van der Waals surface area (Å²) in [5.74, 6) is -0.147. The highest BCUT2D eigenvalue weighted by atomic mass is 19.2. The van der Waals surface area contributed by atoms with Gasteiger partial charge in [0.05, 0.1) is 18.6 Å². The third-order valence-corrected chi connectivity index (χ3v) is 9.34. The van der Waals surface area contributed by atoms with Crippen molar-refractivity contribution in [1.82, 2.24) is 0 Å². The van der Waals surface area contributed by atoms with Gasteiger partial charge in [0.15, 0.2) is 11.6 Å². The molecule has 0 bridgehead atoms. The maximum atomic E-state index is 14.9. The number of ether oxygens (including phenoxy) is 1. The molecule has 0 heterocycles. The summed E-state index contributed by atoms with van der Waals surface area (Å²) in [7, 11) is 0. The third-order valence-electron chi connectivity index (χ3n) is 9.34. The van der Waals surface area contributed by atoms with E-state index in [9.17, 15) is 14.0 Å². The van der Waals surface area contributed by atoms with Gasteiger partial charge >= 0.3 is 0 Å². The maximum absolute atomic E-state index is 14.9. The van der Waals surface area contributed by atoms with Crippen molar-refractivity contribution in [1.29, 1.82) is 5.26 Å². The lowest BCUT2D eigenvalue weighted by atomic mass is 9.77. The zero-order valence-electron chi connectivity index (χ0n) is 26.4. The van der Waals surface area contributed by atoms with E-state index in [4.69, 9.17) is 4.74 Å². The number of benzene rings is 2. The molecule has 1 saturated carbocycles. The molecule has 232 valence electrons. The Bertz CT molecular complexity index is 1050. The second-order valence-corrected chi connectivity index (χ2v) is 12.7. The fourth-order valence-corrected chi connectivity index (χ4v) is 6.53. The van der Waals surface area contributed by atoms with Crippen molar-refractivity contribution in [2.75, 3.05) is 6.61 Å². The van der Waals surface area contributed by atoms with Gasteiger partial charge in [-0.25, -0.2) is 4.39 Å². The first kappa shape index (κ1) is 34.1. The predicted molar refractivity (Wildman–Crippen MR) is 172 cm³/mol.